The van der Waals surface area contributed by atoms with E-state index in [4.69, 9.17) is 5.26 Å². The largest absolute Gasteiger partial charge is 0.333 e. The Kier molecular flexibility index (Phi) is 2.70. The molecule has 0 spiro atoms. The van der Waals surface area contributed by atoms with Crippen LogP contribution in [0.3, 0.4) is 0 Å². The summed E-state index contributed by atoms with van der Waals surface area (Å²) in [7, 11) is 0. The van der Waals surface area contributed by atoms with Crippen LogP contribution in [-0.4, -0.2) is 9.55 Å². The molecule has 5 heteroatoms. The number of hydrogen-bond donors (Lipinski definition) is 1. The Morgan fingerprint density at radius 2 is 1.80 bits per heavy atom. The van der Waals surface area contributed by atoms with Crippen molar-refractivity contribution in [1.29, 1.82) is 5.26 Å². The van der Waals surface area contributed by atoms with Gasteiger partial charge in [0.25, 0.3) is 5.56 Å². The van der Waals surface area contributed by atoms with E-state index in [-0.39, 0.29) is 5.56 Å². The summed E-state index contributed by atoms with van der Waals surface area (Å²) >= 11 is 0. The van der Waals surface area contributed by atoms with Gasteiger partial charge in [-0.25, -0.2) is 4.79 Å². The lowest BCUT2D eigenvalue weighted by molar-refractivity contribution is 0.895. The Morgan fingerprint density at radius 1 is 1.05 bits per heavy atom. The predicted octanol–water partition coefficient (Wildman–Crippen LogP) is 1.55. The highest BCUT2D eigenvalue weighted by molar-refractivity contribution is 5.90. The van der Waals surface area contributed by atoms with E-state index in [9.17, 15) is 9.59 Å². The molecule has 20 heavy (non-hydrogen) atoms. The van der Waals surface area contributed by atoms with Crippen molar-refractivity contribution < 1.29 is 0 Å². The second-order valence-corrected chi connectivity index (χ2v) is 4.28. The van der Waals surface area contributed by atoms with E-state index in [1.807, 2.05) is 36.4 Å². The van der Waals surface area contributed by atoms with E-state index in [0.717, 1.165) is 10.8 Å². The van der Waals surface area contributed by atoms with Crippen molar-refractivity contribution in [2.24, 2.45) is 0 Å². The highest BCUT2D eigenvalue weighted by Crippen LogP contribution is 2.20. The van der Waals surface area contributed by atoms with Crippen LogP contribution in [0.1, 0.15) is 5.56 Å². The molecule has 0 atom stereocenters. The van der Waals surface area contributed by atoms with Gasteiger partial charge < -0.3 is 0 Å². The third kappa shape index (κ3) is 1.80. The van der Waals surface area contributed by atoms with Gasteiger partial charge >= 0.3 is 5.69 Å². The average Bonchev–Trinajstić information content (AvgIpc) is 2.47. The predicted molar refractivity (Wildman–Crippen MR) is 74.9 cm³/mol. The molecule has 0 aliphatic rings. The Morgan fingerprint density at radius 3 is 2.60 bits per heavy atom. The average molecular weight is 263 g/mol. The first kappa shape index (κ1) is 11.9. The second kappa shape index (κ2) is 4.52. The number of aromatic nitrogens is 2. The van der Waals surface area contributed by atoms with Crippen LogP contribution in [0.15, 0.2) is 58.3 Å². The number of hydrogen-bond acceptors (Lipinski definition) is 3. The van der Waals surface area contributed by atoms with E-state index >= 15 is 0 Å². The number of H-pyrrole nitrogens is 1. The maximum absolute atomic E-state index is 12.0. The van der Waals surface area contributed by atoms with Crippen LogP contribution in [0.5, 0.6) is 0 Å². The van der Waals surface area contributed by atoms with Gasteiger partial charge in [-0.1, -0.05) is 36.4 Å². The number of benzene rings is 2. The Labute approximate surface area is 113 Å². The Hall–Kier alpha value is -3.13. The van der Waals surface area contributed by atoms with Gasteiger partial charge in [-0.05, 0) is 11.5 Å². The zero-order chi connectivity index (χ0) is 14.1. The summed E-state index contributed by atoms with van der Waals surface area (Å²) in [6.07, 6.45) is 1.27. The minimum Gasteiger partial charge on any atom is -0.273 e. The smallest absolute Gasteiger partial charge is 0.273 e. The fourth-order valence-corrected chi connectivity index (χ4v) is 2.15. The molecule has 3 rings (SSSR count). The molecule has 3 aromatic rings. The van der Waals surface area contributed by atoms with Gasteiger partial charge in [0.1, 0.15) is 11.6 Å². The van der Waals surface area contributed by atoms with Gasteiger partial charge in [-0.15, -0.1) is 0 Å². The van der Waals surface area contributed by atoms with Crippen molar-refractivity contribution in [3.63, 3.8) is 0 Å². The number of aromatic amines is 1. The summed E-state index contributed by atoms with van der Waals surface area (Å²) in [5.41, 5.74) is -0.710. The Bertz CT molecular complexity index is 956. The number of nitrogens with zero attached hydrogens (tertiary/aromatic N) is 2. The molecule has 5 nitrogen and oxygen atoms in total. The van der Waals surface area contributed by atoms with Crippen molar-refractivity contribution in [3.8, 4) is 11.8 Å². The molecular formula is C15H9N3O2. The molecule has 0 aliphatic carbocycles. The number of fused-ring (bicyclic) bond motifs is 1. The van der Waals surface area contributed by atoms with E-state index < -0.39 is 11.2 Å². The van der Waals surface area contributed by atoms with Gasteiger partial charge in [-0.2, -0.15) is 5.26 Å². The fraction of sp³-hybridized carbons (Fsp3) is 0. The summed E-state index contributed by atoms with van der Waals surface area (Å²) < 4.78 is 1.28. The normalized spacial score (nSPS) is 10.3. The summed E-state index contributed by atoms with van der Waals surface area (Å²) in [5, 5.41) is 10.8. The van der Waals surface area contributed by atoms with Crippen LogP contribution in [0.4, 0.5) is 0 Å². The highest BCUT2D eigenvalue weighted by atomic mass is 16.2. The molecule has 0 amide bonds. The SMILES string of the molecule is N#Cc1cn(-c2cccc3ccccc23)c(=O)[nH]c1=O. The number of nitrogens with one attached hydrogen (secondary N) is 1. The number of rotatable bonds is 1. The van der Waals surface area contributed by atoms with E-state index in [2.05, 4.69) is 4.98 Å². The van der Waals surface area contributed by atoms with Crippen LogP contribution in [0.25, 0.3) is 16.5 Å². The Balaban J connectivity index is 2.41. The van der Waals surface area contributed by atoms with Gasteiger partial charge in [0.2, 0.25) is 0 Å². The highest BCUT2D eigenvalue weighted by Gasteiger charge is 2.08. The minimum atomic E-state index is -0.672. The van der Waals surface area contributed by atoms with Gasteiger partial charge in [-0.3, -0.25) is 14.3 Å². The third-order valence-electron chi connectivity index (χ3n) is 3.09. The quantitative estimate of drug-likeness (QED) is 0.723. The summed E-state index contributed by atoms with van der Waals surface area (Å²) in [6.45, 7) is 0. The molecule has 0 fully saturated rings. The maximum atomic E-state index is 12.0. The monoisotopic (exact) mass is 263 g/mol. The van der Waals surface area contributed by atoms with Gasteiger partial charge in [0, 0.05) is 11.6 Å². The molecule has 0 radical (unpaired) electrons. The van der Waals surface area contributed by atoms with Crippen LogP contribution in [-0.2, 0) is 0 Å². The molecule has 0 saturated carbocycles. The minimum absolute atomic E-state index is 0.0995. The van der Waals surface area contributed by atoms with Gasteiger partial charge in [0.05, 0.1) is 5.69 Å². The summed E-state index contributed by atoms with van der Waals surface area (Å²) in [4.78, 5) is 25.5. The molecule has 1 aromatic heterocycles. The van der Waals surface area contributed by atoms with E-state index in [1.54, 1.807) is 12.1 Å². The molecular weight excluding hydrogens is 254 g/mol. The topological polar surface area (TPSA) is 78.7 Å². The lowest BCUT2D eigenvalue weighted by Gasteiger charge is -2.08. The maximum Gasteiger partial charge on any atom is 0.333 e. The van der Waals surface area contributed by atoms with Crippen LogP contribution < -0.4 is 11.2 Å². The lowest BCUT2D eigenvalue weighted by Crippen LogP contribution is -2.30. The third-order valence-corrected chi connectivity index (χ3v) is 3.09. The first-order valence-corrected chi connectivity index (χ1v) is 5.95. The zero-order valence-corrected chi connectivity index (χ0v) is 10.3. The van der Waals surface area contributed by atoms with E-state index in [1.165, 1.54) is 10.8 Å². The van der Waals surface area contributed by atoms with Crippen LogP contribution >= 0.6 is 0 Å². The lowest BCUT2D eigenvalue weighted by atomic mass is 10.1. The summed E-state index contributed by atoms with van der Waals surface area (Å²) in [5.74, 6) is 0. The molecule has 0 aliphatic heterocycles. The molecule has 1 heterocycles. The first-order chi connectivity index (χ1) is 9.70. The van der Waals surface area contributed by atoms with Crippen molar-refractivity contribution >= 4 is 10.8 Å². The van der Waals surface area contributed by atoms with Crippen LogP contribution in [0, 0.1) is 11.3 Å². The first-order valence-electron chi connectivity index (χ1n) is 5.95. The molecule has 96 valence electrons. The molecule has 0 saturated heterocycles. The molecule has 1 N–H and O–H groups in total. The summed E-state index contributed by atoms with van der Waals surface area (Å²) in [6, 6.07) is 14.9. The second-order valence-electron chi connectivity index (χ2n) is 4.28. The van der Waals surface area contributed by atoms with E-state index in [0.29, 0.717) is 5.69 Å². The molecule has 2 aromatic carbocycles. The van der Waals surface area contributed by atoms with Crippen molar-refractivity contribution in [2.75, 3.05) is 0 Å². The standard InChI is InChI=1S/C15H9N3O2/c16-8-11-9-18(15(20)17-14(11)19)13-7-3-5-10-4-1-2-6-12(10)13/h1-7,9H,(H,17,19,20). The molecule has 0 unspecified atom stereocenters. The fourth-order valence-electron chi connectivity index (χ4n) is 2.15. The van der Waals surface area contributed by atoms with Crippen LogP contribution in [0.2, 0.25) is 0 Å². The number of nitriles is 1. The van der Waals surface area contributed by atoms with Gasteiger partial charge in [0.15, 0.2) is 0 Å². The van der Waals surface area contributed by atoms with Crippen molar-refractivity contribution in [3.05, 3.63) is 75.1 Å². The van der Waals surface area contributed by atoms with Crippen molar-refractivity contribution in [2.45, 2.75) is 0 Å². The zero-order valence-electron chi connectivity index (χ0n) is 10.3. The molecule has 0 bridgehead atoms. The van der Waals surface area contributed by atoms with Crippen molar-refractivity contribution in [1.82, 2.24) is 9.55 Å².